The van der Waals surface area contributed by atoms with Crippen molar-refractivity contribution < 1.29 is 14.6 Å². The summed E-state index contributed by atoms with van der Waals surface area (Å²) in [5.74, 6) is -0.851. The predicted octanol–water partition coefficient (Wildman–Crippen LogP) is 2.45. The van der Waals surface area contributed by atoms with Crippen LogP contribution in [0, 0.1) is 5.92 Å². The maximum absolute atomic E-state index is 11.4. The van der Waals surface area contributed by atoms with Crippen molar-refractivity contribution in [2.75, 3.05) is 0 Å². The van der Waals surface area contributed by atoms with Gasteiger partial charge in [-0.3, -0.25) is 0 Å². The zero-order chi connectivity index (χ0) is 13.0. The Bertz CT molecular complexity index is 389. The molecule has 1 aromatic heterocycles. The molecule has 1 atom stereocenters. The van der Waals surface area contributed by atoms with E-state index in [4.69, 9.17) is 27.9 Å². The van der Waals surface area contributed by atoms with E-state index >= 15 is 0 Å². The molecule has 6 heteroatoms. The summed E-state index contributed by atoms with van der Waals surface area (Å²) in [7, 11) is 0. The van der Waals surface area contributed by atoms with Gasteiger partial charge in [-0.2, -0.15) is 0 Å². The van der Waals surface area contributed by atoms with Gasteiger partial charge in [0.25, 0.3) is 0 Å². The summed E-state index contributed by atoms with van der Waals surface area (Å²) >= 11 is 11.4. The summed E-state index contributed by atoms with van der Waals surface area (Å²) in [5.41, 5.74) is 0.624. The number of nitrogens with zero attached hydrogens (tertiary/aromatic N) is 1. The van der Waals surface area contributed by atoms with E-state index in [2.05, 4.69) is 4.98 Å². The molecule has 0 aliphatic carbocycles. The number of hydrogen-bond acceptors (Lipinski definition) is 4. The van der Waals surface area contributed by atoms with Gasteiger partial charge < -0.3 is 9.84 Å². The number of ether oxygens (including phenoxy) is 1. The van der Waals surface area contributed by atoms with Crippen LogP contribution < -0.4 is 0 Å². The molecule has 0 unspecified atom stereocenters. The highest BCUT2D eigenvalue weighted by Crippen LogP contribution is 2.15. The molecule has 0 fully saturated rings. The van der Waals surface area contributed by atoms with Crippen LogP contribution in [0.5, 0.6) is 0 Å². The van der Waals surface area contributed by atoms with Gasteiger partial charge in [0.05, 0.1) is 0 Å². The smallest absolute Gasteiger partial charge is 0.335 e. The Morgan fingerprint density at radius 3 is 2.41 bits per heavy atom. The lowest BCUT2D eigenvalue weighted by molar-refractivity contribution is -0.157. The summed E-state index contributed by atoms with van der Waals surface area (Å²) in [5, 5.41) is 9.90. The Kier molecular flexibility index (Phi) is 5.18. The average Bonchev–Trinajstić information content (AvgIpc) is 2.23. The fourth-order valence-corrected chi connectivity index (χ4v) is 1.62. The largest absolute Gasteiger partial charge is 0.459 e. The molecule has 17 heavy (non-hydrogen) atoms. The van der Waals surface area contributed by atoms with Gasteiger partial charge in [-0.15, -0.1) is 0 Å². The number of aliphatic hydroxyl groups excluding tert-OH is 1. The highest BCUT2D eigenvalue weighted by molar-refractivity contribution is 6.32. The molecule has 1 N–H and O–H groups in total. The van der Waals surface area contributed by atoms with Gasteiger partial charge in [0.1, 0.15) is 16.9 Å². The van der Waals surface area contributed by atoms with Crippen molar-refractivity contribution in [1.29, 1.82) is 0 Å². The molecule has 0 aliphatic heterocycles. The molecule has 0 spiro atoms. The van der Waals surface area contributed by atoms with Crippen LogP contribution in [0.15, 0.2) is 12.1 Å². The molecule has 94 valence electrons. The zero-order valence-corrected chi connectivity index (χ0v) is 11.0. The number of esters is 1. The van der Waals surface area contributed by atoms with Crippen molar-refractivity contribution in [3.05, 3.63) is 28.0 Å². The van der Waals surface area contributed by atoms with Crippen LogP contribution in [0.3, 0.4) is 0 Å². The van der Waals surface area contributed by atoms with Gasteiger partial charge in [-0.25, -0.2) is 9.78 Å². The molecule has 0 aliphatic rings. The van der Waals surface area contributed by atoms with Crippen molar-refractivity contribution >= 4 is 29.2 Å². The normalized spacial score (nSPS) is 12.6. The quantitative estimate of drug-likeness (QED) is 0.679. The lowest BCUT2D eigenvalue weighted by Crippen LogP contribution is -2.28. The number of halogens is 2. The maximum Gasteiger partial charge on any atom is 0.335 e. The zero-order valence-electron chi connectivity index (χ0n) is 9.48. The second-order valence-electron chi connectivity index (χ2n) is 3.92. The summed E-state index contributed by atoms with van der Waals surface area (Å²) in [4.78, 5) is 15.1. The van der Waals surface area contributed by atoms with E-state index in [0.29, 0.717) is 5.56 Å². The van der Waals surface area contributed by atoms with Crippen LogP contribution in [-0.2, 0) is 16.1 Å². The molecule has 1 aromatic rings. The topological polar surface area (TPSA) is 59.4 Å². The maximum atomic E-state index is 11.4. The summed E-state index contributed by atoms with van der Waals surface area (Å²) in [6, 6.07) is 3.09. The third-order valence-corrected chi connectivity index (χ3v) is 2.46. The SMILES string of the molecule is CC(C)[C@H](O)C(=O)OCc1cc(Cl)nc(Cl)c1. The highest BCUT2D eigenvalue weighted by Gasteiger charge is 2.20. The second kappa shape index (κ2) is 6.19. The van der Waals surface area contributed by atoms with Crippen LogP contribution in [0.25, 0.3) is 0 Å². The molecule has 0 radical (unpaired) electrons. The van der Waals surface area contributed by atoms with Crippen LogP contribution >= 0.6 is 23.2 Å². The first kappa shape index (κ1) is 14.2. The van der Waals surface area contributed by atoms with Crippen molar-refractivity contribution in [3.63, 3.8) is 0 Å². The minimum atomic E-state index is -1.12. The standard InChI is InChI=1S/C11H13Cl2NO3/c1-6(2)10(15)11(16)17-5-7-3-8(12)14-9(13)4-7/h3-4,6,10,15H,5H2,1-2H3/t10-/m0/s1. The average molecular weight is 278 g/mol. The first-order valence-corrected chi connectivity index (χ1v) is 5.82. The second-order valence-corrected chi connectivity index (χ2v) is 4.69. The molecule has 0 bridgehead atoms. The molecule has 0 amide bonds. The summed E-state index contributed by atoms with van der Waals surface area (Å²) in [6.07, 6.45) is -1.12. The molecule has 0 saturated heterocycles. The molecular formula is C11H13Cl2NO3. The third-order valence-electron chi connectivity index (χ3n) is 2.08. The van der Waals surface area contributed by atoms with E-state index in [9.17, 15) is 9.90 Å². The van der Waals surface area contributed by atoms with Gasteiger partial charge in [0.15, 0.2) is 6.10 Å². The Morgan fingerprint density at radius 2 is 1.94 bits per heavy atom. The number of pyridine rings is 1. The molecular weight excluding hydrogens is 265 g/mol. The lowest BCUT2D eigenvalue weighted by atomic mass is 10.1. The minimum absolute atomic E-state index is 0.00454. The fourth-order valence-electron chi connectivity index (χ4n) is 1.11. The van der Waals surface area contributed by atoms with Crippen molar-refractivity contribution in [1.82, 2.24) is 4.98 Å². The van der Waals surface area contributed by atoms with Gasteiger partial charge in [0.2, 0.25) is 0 Å². The number of carbonyl (C=O) groups is 1. The van der Waals surface area contributed by atoms with E-state index in [1.54, 1.807) is 26.0 Å². The minimum Gasteiger partial charge on any atom is -0.459 e. The van der Waals surface area contributed by atoms with Crippen molar-refractivity contribution in [3.8, 4) is 0 Å². The van der Waals surface area contributed by atoms with E-state index in [1.165, 1.54) is 0 Å². The van der Waals surface area contributed by atoms with Crippen LogP contribution in [0.2, 0.25) is 10.3 Å². The molecule has 0 aromatic carbocycles. The summed E-state index contributed by atoms with van der Waals surface area (Å²) in [6.45, 7) is 3.46. The molecule has 4 nitrogen and oxygen atoms in total. The third kappa shape index (κ3) is 4.50. The van der Waals surface area contributed by atoms with E-state index in [-0.39, 0.29) is 22.8 Å². The van der Waals surface area contributed by atoms with Gasteiger partial charge in [-0.1, -0.05) is 37.0 Å². The Labute approximate surface area is 110 Å². The highest BCUT2D eigenvalue weighted by atomic mass is 35.5. The van der Waals surface area contributed by atoms with Gasteiger partial charge in [-0.05, 0) is 23.6 Å². The van der Waals surface area contributed by atoms with Gasteiger partial charge in [0, 0.05) is 0 Å². The summed E-state index contributed by atoms with van der Waals surface area (Å²) < 4.78 is 4.93. The molecule has 1 rings (SSSR count). The van der Waals surface area contributed by atoms with E-state index < -0.39 is 12.1 Å². The first-order chi connectivity index (χ1) is 7.90. The van der Waals surface area contributed by atoms with Gasteiger partial charge >= 0.3 is 5.97 Å². The number of aliphatic hydroxyl groups is 1. The molecule has 1 heterocycles. The Morgan fingerprint density at radius 1 is 1.41 bits per heavy atom. The van der Waals surface area contributed by atoms with E-state index in [1.807, 2.05) is 0 Å². The number of rotatable bonds is 4. The molecule has 0 saturated carbocycles. The van der Waals surface area contributed by atoms with Crippen molar-refractivity contribution in [2.24, 2.45) is 5.92 Å². The van der Waals surface area contributed by atoms with Crippen LogP contribution in [0.1, 0.15) is 19.4 Å². The Hall–Kier alpha value is -0.840. The number of carbonyl (C=O) groups excluding carboxylic acids is 1. The number of hydrogen-bond donors (Lipinski definition) is 1. The van der Waals surface area contributed by atoms with Crippen LogP contribution in [-0.4, -0.2) is 22.2 Å². The number of aromatic nitrogens is 1. The lowest BCUT2D eigenvalue weighted by Gasteiger charge is -2.13. The predicted molar refractivity (Wildman–Crippen MR) is 64.9 cm³/mol. The van der Waals surface area contributed by atoms with E-state index in [0.717, 1.165) is 0 Å². The fraction of sp³-hybridized carbons (Fsp3) is 0.455. The first-order valence-electron chi connectivity index (χ1n) is 5.07. The Balaban J connectivity index is 2.58. The van der Waals surface area contributed by atoms with Crippen molar-refractivity contribution in [2.45, 2.75) is 26.6 Å². The monoisotopic (exact) mass is 277 g/mol. The van der Waals surface area contributed by atoms with Crippen LogP contribution in [0.4, 0.5) is 0 Å².